The Morgan fingerprint density at radius 2 is 2.00 bits per heavy atom. The van der Waals surface area contributed by atoms with Gasteiger partial charge in [0.25, 0.3) is 5.56 Å². The minimum absolute atomic E-state index is 0.169. The molecule has 3 heterocycles. The van der Waals surface area contributed by atoms with Gasteiger partial charge in [-0.1, -0.05) is 6.07 Å². The summed E-state index contributed by atoms with van der Waals surface area (Å²) < 4.78 is 12.2. The van der Waals surface area contributed by atoms with Crippen LogP contribution < -0.4 is 32.5 Å². The Morgan fingerprint density at radius 1 is 1.19 bits per heavy atom. The molecule has 0 unspecified atom stereocenters. The number of aromatic amines is 1. The van der Waals surface area contributed by atoms with Crippen LogP contribution in [0.2, 0.25) is 0 Å². The van der Waals surface area contributed by atoms with E-state index in [0.717, 1.165) is 10.7 Å². The molecule has 13 nitrogen and oxygen atoms in total. The third-order valence-corrected chi connectivity index (χ3v) is 5.23. The van der Waals surface area contributed by atoms with Crippen molar-refractivity contribution < 1.29 is 9.47 Å². The highest BCUT2D eigenvalue weighted by Crippen LogP contribution is 2.34. The van der Waals surface area contributed by atoms with Crippen LogP contribution in [0.4, 0.5) is 23.0 Å². The lowest BCUT2D eigenvalue weighted by Crippen LogP contribution is -2.26. The summed E-state index contributed by atoms with van der Waals surface area (Å²) in [6.45, 7) is 0.449. The molecule has 1 aromatic carbocycles. The molecule has 0 saturated carbocycles. The summed E-state index contributed by atoms with van der Waals surface area (Å²) in [6, 6.07) is 10.8. The van der Waals surface area contributed by atoms with Crippen LogP contribution in [0.25, 0.3) is 11.0 Å². The van der Waals surface area contributed by atoms with E-state index in [0.29, 0.717) is 52.0 Å². The van der Waals surface area contributed by atoms with Crippen molar-refractivity contribution in [2.45, 2.75) is 6.61 Å². The van der Waals surface area contributed by atoms with Gasteiger partial charge in [-0.3, -0.25) is 14.6 Å². The van der Waals surface area contributed by atoms with Crippen LogP contribution in [0.5, 0.6) is 5.75 Å². The number of hydrazone groups is 1. The van der Waals surface area contributed by atoms with Gasteiger partial charge in [-0.2, -0.15) is 0 Å². The van der Waals surface area contributed by atoms with Crippen molar-refractivity contribution in [3.05, 3.63) is 64.1 Å². The van der Waals surface area contributed by atoms with Crippen molar-refractivity contribution in [3.8, 4) is 5.75 Å². The third kappa shape index (κ3) is 5.06. The van der Waals surface area contributed by atoms with Crippen LogP contribution in [-0.2, 0) is 18.4 Å². The van der Waals surface area contributed by atoms with E-state index in [9.17, 15) is 4.79 Å². The molecular formula is C23H28N10O3. The van der Waals surface area contributed by atoms with Crippen molar-refractivity contribution >= 4 is 39.9 Å². The van der Waals surface area contributed by atoms with Crippen molar-refractivity contribution in [3.63, 3.8) is 0 Å². The van der Waals surface area contributed by atoms with Crippen molar-refractivity contribution in [2.24, 2.45) is 23.7 Å². The van der Waals surface area contributed by atoms with Gasteiger partial charge in [0.15, 0.2) is 17.2 Å². The quantitative estimate of drug-likeness (QED) is 0.100. The van der Waals surface area contributed by atoms with E-state index < -0.39 is 0 Å². The second-order valence-electron chi connectivity index (χ2n) is 7.93. The van der Waals surface area contributed by atoms with Gasteiger partial charge in [0.1, 0.15) is 17.0 Å². The number of hydrazine groups is 1. The number of fused-ring (bicyclic) bond motifs is 1. The van der Waals surface area contributed by atoms with Gasteiger partial charge in [-0.15, -0.1) is 5.10 Å². The Kier molecular flexibility index (Phi) is 7.03. The molecule has 0 fully saturated rings. The lowest BCUT2D eigenvalue weighted by molar-refractivity contribution is 0.185. The van der Waals surface area contributed by atoms with Crippen molar-refractivity contribution in [2.75, 3.05) is 31.9 Å². The monoisotopic (exact) mass is 492 g/mol. The number of H-pyrrole nitrogens is 1. The number of methoxy groups -OCH3 is 2. The average molecular weight is 493 g/mol. The normalized spacial score (nSPS) is 11.5. The van der Waals surface area contributed by atoms with Gasteiger partial charge in [-0.25, -0.2) is 20.9 Å². The predicted octanol–water partition coefficient (Wildman–Crippen LogP) is 1.72. The second-order valence-corrected chi connectivity index (χ2v) is 7.93. The lowest BCUT2D eigenvalue weighted by atomic mass is 10.1. The molecule has 13 heteroatoms. The fourth-order valence-corrected chi connectivity index (χ4v) is 3.74. The summed E-state index contributed by atoms with van der Waals surface area (Å²) in [7, 11) is 6.33. The Labute approximate surface area is 206 Å². The molecule has 0 aliphatic heterocycles. The summed E-state index contributed by atoms with van der Waals surface area (Å²) in [5.74, 6) is 7.26. The summed E-state index contributed by atoms with van der Waals surface area (Å²) in [5, 5.41) is 15.0. The van der Waals surface area contributed by atoms with Gasteiger partial charge >= 0.3 is 0 Å². The van der Waals surface area contributed by atoms with E-state index in [1.165, 1.54) is 11.8 Å². The molecule has 4 rings (SSSR count). The highest BCUT2D eigenvalue weighted by atomic mass is 16.5. The molecule has 3 aromatic heterocycles. The standard InChI is InChI=1S/C23H28N10O3/c1-32-23(34)19-16(27-15-7-5-6-14(20(15)36-4)21(24)30-33(2)25)11-18(29-22(19)31-32)28-17-10-13(12-35-3)8-9-26-17/h5-11H,12,25H2,1-4H3,(H2,24,30)(H3,26,27,28,29,31). The predicted molar refractivity (Wildman–Crippen MR) is 139 cm³/mol. The zero-order chi connectivity index (χ0) is 25.8. The number of anilines is 4. The number of nitrogens with one attached hydrogen (secondary N) is 3. The van der Waals surface area contributed by atoms with Crippen molar-refractivity contribution in [1.29, 1.82) is 0 Å². The molecule has 0 saturated heterocycles. The maximum absolute atomic E-state index is 12.9. The van der Waals surface area contributed by atoms with Gasteiger partial charge in [-0.05, 0) is 29.8 Å². The fourth-order valence-electron chi connectivity index (χ4n) is 3.74. The zero-order valence-electron chi connectivity index (χ0n) is 20.4. The third-order valence-electron chi connectivity index (χ3n) is 5.23. The number of benzene rings is 1. The number of rotatable bonds is 9. The lowest BCUT2D eigenvalue weighted by Gasteiger charge is -2.16. The minimum atomic E-state index is -0.243. The minimum Gasteiger partial charge on any atom is -0.494 e. The van der Waals surface area contributed by atoms with E-state index in [1.54, 1.807) is 51.7 Å². The number of hydrogen-bond donors (Lipinski definition) is 5. The number of aryl methyl sites for hydroxylation is 1. The molecule has 0 radical (unpaired) electrons. The number of pyridine rings is 2. The van der Waals surface area contributed by atoms with Crippen LogP contribution in [0, 0.1) is 0 Å². The molecule has 0 aliphatic rings. The Balaban J connectivity index is 1.79. The summed E-state index contributed by atoms with van der Waals surface area (Å²) >= 11 is 0. The molecule has 0 atom stereocenters. The smallest absolute Gasteiger partial charge is 0.277 e. The van der Waals surface area contributed by atoms with E-state index in [4.69, 9.17) is 21.1 Å². The number of para-hydroxylation sites is 1. The van der Waals surface area contributed by atoms with E-state index in [1.807, 2.05) is 12.1 Å². The van der Waals surface area contributed by atoms with Crippen LogP contribution in [0.1, 0.15) is 11.1 Å². The largest absolute Gasteiger partial charge is 0.494 e. The van der Waals surface area contributed by atoms with Crippen molar-refractivity contribution in [1.82, 2.24) is 24.9 Å². The first-order valence-corrected chi connectivity index (χ1v) is 10.9. The fraction of sp³-hybridized carbons (Fsp3) is 0.217. The zero-order valence-corrected chi connectivity index (χ0v) is 20.4. The van der Waals surface area contributed by atoms with E-state index >= 15 is 0 Å². The SMILES string of the molecule is COCc1ccnc(Nc2cc(Nc3cccc(/C(N)=N/N(C)N)c3OC)c3c(=O)n(C)[nH]c3n2)c1. The second kappa shape index (κ2) is 10.3. The molecule has 7 N–H and O–H groups in total. The summed E-state index contributed by atoms with van der Waals surface area (Å²) in [5.41, 5.74) is 8.82. The van der Waals surface area contributed by atoms with Crippen LogP contribution >= 0.6 is 0 Å². The van der Waals surface area contributed by atoms with Gasteiger partial charge in [0.05, 0.1) is 30.7 Å². The molecule has 0 amide bonds. The van der Waals surface area contributed by atoms with Crippen LogP contribution in [0.3, 0.4) is 0 Å². The number of amidine groups is 1. The molecule has 188 valence electrons. The molecule has 36 heavy (non-hydrogen) atoms. The number of hydrogen-bond acceptors (Lipinski definition) is 10. The first-order valence-electron chi connectivity index (χ1n) is 10.9. The molecule has 0 spiro atoms. The maximum atomic E-state index is 12.9. The highest BCUT2D eigenvalue weighted by Gasteiger charge is 2.18. The molecule has 0 bridgehead atoms. The Hall–Kier alpha value is -4.62. The number of nitrogens with two attached hydrogens (primary N) is 2. The topological polar surface area (TPSA) is 174 Å². The van der Waals surface area contributed by atoms with Crippen LogP contribution in [0.15, 0.2) is 52.5 Å². The summed E-state index contributed by atoms with van der Waals surface area (Å²) in [6.07, 6.45) is 1.68. The Bertz CT molecular complexity index is 1480. The summed E-state index contributed by atoms with van der Waals surface area (Å²) in [4.78, 5) is 21.8. The molecule has 4 aromatic rings. The first kappa shape index (κ1) is 24.5. The number of nitrogens with zero attached hydrogens (tertiary/aromatic N) is 5. The van der Waals surface area contributed by atoms with E-state index in [2.05, 4.69) is 30.8 Å². The van der Waals surface area contributed by atoms with Gasteiger partial charge in [0, 0.05) is 33.5 Å². The van der Waals surface area contributed by atoms with Crippen LogP contribution in [-0.4, -0.2) is 52.0 Å². The molecular weight excluding hydrogens is 464 g/mol. The van der Waals surface area contributed by atoms with Gasteiger partial charge in [0.2, 0.25) is 0 Å². The van der Waals surface area contributed by atoms with Gasteiger partial charge < -0.3 is 25.8 Å². The number of ether oxygens (including phenoxy) is 2. The number of aromatic nitrogens is 4. The average Bonchev–Trinajstić information content (AvgIpc) is 3.12. The maximum Gasteiger partial charge on any atom is 0.277 e. The van der Waals surface area contributed by atoms with E-state index in [-0.39, 0.29) is 11.4 Å². The Morgan fingerprint density at radius 3 is 2.72 bits per heavy atom. The molecule has 0 aliphatic carbocycles. The first-order chi connectivity index (χ1) is 17.3. The highest BCUT2D eigenvalue weighted by molar-refractivity contribution is 6.02.